The third kappa shape index (κ3) is 5.55. The van der Waals surface area contributed by atoms with E-state index in [1.165, 1.54) is 17.0 Å². The van der Waals surface area contributed by atoms with Gasteiger partial charge in [0, 0.05) is 17.3 Å². The maximum Gasteiger partial charge on any atom is 0.253 e. The monoisotopic (exact) mass is 429 g/mol. The van der Waals surface area contributed by atoms with Gasteiger partial charge in [-0.25, -0.2) is 4.39 Å². The summed E-state index contributed by atoms with van der Waals surface area (Å²) in [5, 5.41) is 4.54. The molecule has 6 nitrogen and oxygen atoms in total. The fourth-order valence-electron chi connectivity index (χ4n) is 3.02. The van der Waals surface area contributed by atoms with E-state index in [0.29, 0.717) is 35.2 Å². The molecule has 0 spiro atoms. The molecule has 0 aliphatic carbocycles. The Morgan fingerprint density at radius 2 is 1.93 bits per heavy atom. The molecular formula is C22H26FN4O2S+. The van der Waals surface area contributed by atoms with Gasteiger partial charge in [0.1, 0.15) is 11.6 Å². The molecule has 0 fully saturated rings. The highest BCUT2D eigenvalue weighted by atomic mass is 32.1. The van der Waals surface area contributed by atoms with Gasteiger partial charge in [0.25, 0.3) is 5.56 Å². The lowest BCUT2D eigenvalue weighted by atomic mass is 10.1. The van der Waals surface area contributed by atoms with Gasteiger partial charge >= 0.3 is 0 Å². The van der Waals surface area contributed by atoms with Crippen molar-refractivity contribution in [2.24, 2.45) is 0 Å². The number of aromatic nitrogens is 1. The predicted octanol–water partition coefficient (Wildman–Crippen LogP) is 2.02. The van der Waals surface area contributed by atoms with E-state index in [0.717, 1.165) is 17.4 Å². The van der Waals surface area contributed by atoms with Gasteiger partial charge in [-0.2, -0.15) is 0 Å². The van der Waals surface area contributed by atoms with Gasteiger partial charge in [0.05, 0.1) is 46.4 Å². The van der Waals surface area contributed by atoms with E-state index in [-0.39, 0.29) is 11.4 Å². The zero-order valence-electron chi connectivity index (χ0n) is 17.3. The van der Waals surface area contributed by atoms with E-state index in [1.54, 1.807) is 25.3 Å². The number of nitrogens with zero attached hydrogens (tertiary/aromatic N) is 1. The highest BCUT2D eigenvalue weighted by molar-refractivity contribution is 7.80. The normalized spacial score (nSPS) is 11.0. The Morgan fingerprint density at radius 1 is 1.20 bits per heavy atom. The zero-order chi connectivity index (χ0) is 21.7. The van der Waals surface area contributed by atoms with Crippen molar-refractivity contribution in [3.05, 3.63) is 70.3 Å². The lowest BCUT2D eigenvalue weighted by Crippen LogP contribution is -3.06. The van der Waals surface area contributed by atoms with Gasteiger partial charge in [-0.15, -0.1) is 0 Å². The van der Waals surface area contributed by atoms with E-state index in [9.17, 15) is 9.18 Å². The molecule has 30 heavy (non-hydrogen) atoms. The number of rotatable bonds is 7. The number of aromatic amines is 1. The smallest absolute Gasteiger partial charge is 0.253 e. The molecule has 0 aliphatic rings. The third-order valence-electron chi connectivity index (χ3n) is 4.76. The molecule has 3 N–H and O–H groups in total. The number of benzene rings is 2. The van der Waals surface area contributed by atoms with Crippen LogP contribution in [-0.4, -0.2) is 49.3 Å². The lowest BCUT2D eigenvalue weighted by Gasteiger charge is -2.26. The molecule has 1 heterocycles. The molecule has 8 heteroatoms. The number of hydrogen-bond donors (Lipinski definition) is 3. The van der Waals surface area contributed by atoms with Crippen LogP contribution in [0.4, 0.5) is 10.1 Å². The van der Waals surface area contributed by atoms with Crippen LogP contribution in [-0.2, 0) is 6.54 Å². The molecule has 3 aromatic rings. The van der Waals surface area contributed by atoms with Gasteiger partial charge in [0.15, 0.2) is 5.11 Å². The summed E-state index contributed by atoms with van der Waals surface area (Å²) in [4.78, 5) is 18.8. The van der Waals surface area contributed by atoms with Crippen LogP contribution in [0.3, 0.4) is 0 Å². The van der Waals surface area contributed by atoms with Gasteiger partial charge < -0.3 is 24.8 Å². The molecule has 2 aromatic carbocycles. The summed E-state index contributed by atoms with van der Waals surface area (Å²) in [7, 11) is 5.71. The summed E-state index contributed by atoms with van der Waals surface area (Å²) >= 11 is 5.60. The molecule has 0 saturated heterocycles. The van der Waals surface area contributed by atoms with Crippen molar-refractivity contribution in [1.29, 1.82) is 0 Å². The van der Waals surface area contributed by atoms with Crippen LogP contribution >= 0.6 is 12.2 Å². The number of methoxy groups -OCH3 is 1. The van der Waals surface area contributed by atoms with Crippen LogP contribution in [0.15, 0.2) is 53.3 Å². The molecule has 3 rings (SSSR count). The zero-order valence-corrected chi connectivity index (χ0v) is 18.1. The number of nitrogens with one attached hydrogen (secondary N) is 3. The minimum atomic E-state index is -0.307. The molecule has 0 bridgehead atoms. The van der Waals surface area contributed by atoms with Crippen LogP contribution in [0.2, 0.25) is 0 Å². The second-order valence-electron chi connectivity index (χ2n) is 7.39. The topological polar surface area (TPSA) is 61.8 Å². The van der Waals surface area contributed by atoms with Crippen molar-refractivity contribution in [3.63, 3.8) is 0 Å². The number of likely N-dealkylation sites (N-methyl/N-ethyl adjacent to an activating group) is 1. The molecule has 0 unspecified atom stereocenters. The number of anilines is 1. The number of H-pyrrole nitrogens is 1. The number of fused-ring (bicyclic) bond motifs is 1. The van der Waals surface area contributed by atoms with Crippen molar-refractivity contribution in [2.75, 3.05) is 39.6 Å². The molecule has 0 amide bonds. The Labute approximate surface area is 180 Å². The summed E-state index contributed by atoms with van der Waals surface area (Å²) in [5.74, 6) is 0.380. The SMILES string of the molecule is COc1ccc2cc(CN(CC[NH+](C)C)C(=S)Nc3ccc(F)cc3)c(=O)[nH]c2c1. The predicted molar refractivity (Wildman–Crippen MR) is 122 cm³/mol. The Balaban J connectivity index is 1.84. The summed E-state index contributed by atoms with van der Waals surface area (Å²) in [6.07, 6.45) is 0. The minimum Gasteiger partial charge on any atom is -0.497 e. The van der Waals surface area contributed by atoms with Crippen molar-refractivity contribution in [1.82, 2.24) is 9.88 Å². The third-order valence-corrected chi connectivity index (χ3v) is 5.12. The minimum absolute atomic E-state index is 0.164. The fourth-order valence-corrected chi connectivity index (χ4v) is 3.30. The molecule has 158 valence electrons. The molecule has 0 aliphatic heterocycles. The second kappa shape index (κ2) is 9.69. The summed E-state index contributed by atoms with van der Waals surface area (Å²) in [6.45, 7) is 1.86. The molecule has 0 saturated carbocycles. The van der Waals surface area contributed by atoms with E-state index < -0.39 is 0 Å². The van der Waals surface area contributed by atoms with Gasteiger partial charge in [0.2, 0.25) is 0 Å². The van der Waals surface area contributed by atoms with Crippen LogP contribution < -0.4 is 20.5 Å². The van der Waals surface area contributed by atoms with Crippen LogP contribution in [0, 0.1) is 5.82 Å². The first-order valence-electron chi connectivity index (χ1n) is 9.66. The highest BCUT2D eigenvalue weighted by Gasteiger charge is 2.15. The number of ether oxygens (including phenoxy) is 1. The molecule has 0 radical (unpaired) electrons. The van der Waals surface area contributed by atoms with Crippen LogP contribution in [0.25, 0.3) is 10.9 Å². The van der Waals surface area contributed by atoms with Crippen molar-refractivity contribution < 1.29 is 14.0 Å². The lowest BCUT2D eigenvalue weighted by molar-refractivity contribution is -0.857. The largest absolute Gasteiger partial charge is 0.497 e. The fraction of sp³-hybridized carbons (Fsp3) is 0.273. The first-order valence-corrected chi connectivity index (χ1v) is 10.1. The van der Waals surface area contributed by atoms with Gasteiger partial charge in [-0.3, -0.25) is 4.79 Å². The molecule has 0 atom stereocenters. The number of hydrogen-bond acceptors (Lipinski definition) is 3. The summed E-state index contributed by atoms with van der Waals surface area (Å²) < 4.78 is 18.4. The van der Waals surface area contributed by atoms with E-state index >= 15 is 0 Å². The average Bonchev–Trinajstić information content (AvgIpc) is 2.72. The first kappa shape index (κ1) is 21.7. The van der Waals surface area contributed by atoms with Crippen molar-refractivity contribution in [3.8, 4) is 5.75 Å². The van der Waals surface area contributed by atoms with Crippen molar-refractivity contribution in [2.45, 2.75) is 6.54 Å². The highest BCUT2D eigenvalue weighted by Crippen LogP contribution is 2.19. The number of halogens is 1. The Bertz CT molecular complexity index is 1080. The van der Waals surface area contributed by atoms with Crippen LogP contribution in [0.5, 0.6) is 5.75 Å². The van der Waals surface area contributed by atoms with Gasteiger partial charge in [-0.05, 0) is 60.1 Å². The Morgan fingerprint density at radius 3 is 2.60 bits per heavy atom. The standard InChI is InChI=1S/C22H25FN4O2S/c1-26(2)10-11-27(22(30)24-18-7-5-17(23)6-8-18)14-16-12-15-4-9-19(29-3)13-20(15)25-21(16)28/h4-9,12-13H,10-11,14H2,1-3H3,(H,24,30)(H,25,28)/p+1. The summed E-state index contributed by atoms with van der Waals surface area (Å²) in [6, 6.07) is 13.5. The first-order chi connectivity index (χ1) is 14.4. The molecule has 1 aromatic heterocycles. The maximum absolute atomic E-state index is 13.2. The Kier molecular flexibility index (Phi) is 7.02. The van der Waals surface area contributed by atoms with E-state index in [1.807, 2.05) is 23.1 Å². The number of quaternary nitrogens is 1. The van der Waals surface area contributed by atoms with Crippen molar-refractivity contribution >= 4 is 33.9 Å². The van der Waals surface area contributed by atoms with E-state index in [2.05, 4.69) is 24.4 Å². The second-order valence-corrected chi connectivity index (χ2v) is 7.78. The average molecular weight is 430 g/mol. The summed E-state index contributed by atoms with van der Waals surface area (Å²) in [5.41, 5.74) is 1.87. The Hall–Kier alpha value is -2.97. The molecular weight excluding hydrogens is 403 g/mol. The maximum atomic E-state index is 13.2. The van der Waals surface area contributed by atoms with Crippen LogP contribution in [0.1, 0.15) is 5.56 Å². The quantitative estimate of drug-likeness (QED) is 0.502. The number of thiocarbonyl (C=S) groups is 1. The van der Waals surface area contributed by atoms with Gasteiger partial charge in [-0.1, -0.05) is 0 Å². The van der Waals surface area contributed by atoms with E-state index in [4.69, 9.17) is 17.0 Å². The number of pyridine rings is 1.